The molecule has 0 heterocycles. The highest BCUT2D eigenvalue weighted by molar-refractivity contribution is 6.31. The molecule has 2 nitrogen and oxygen atoms in total. The lowest BCUT2D eigenvalue weighted by molar-refractivity contribution is 0.284. The van der Waals surface area contributed by atoms with E-state index < -0.39 is 11.6 Å². The molecular weight excluding hydrogens is 296 g/mol. The van der Waals surface area contributed by atoms with Crippen LogP contribution in [0.15, 0.2) is 36.4 Å². The van der Waals surface area contributed by atoms with Crippen LogP contribution in [0, 0.1) is 11.6 Å². The Morgan fingerprint density at radius 1 is 1.19 bits per heavy atom. The third kappa shape index (κ3) is 4.16. The Labute approximate surface area is 127 Å². The van der Waals surface area contributed by atoms with Crippen LogP contribution >= 0.6 is 11.6 Å². The second kappa shape index (κ2) is 6.87. The summed E-state index contributed by atoms with van der Waals surface area (Å²) in [6, 6.07) is 8.94. The summed E-state index contributed by atoms with van der Waals surface area (Å²) < 4.78 is 32.8. The van der Waals surface area contributed by atoms with Crippen LogP contribution < -0.4 is 10.5 Å². The Bertz CT molecular complexity index is 611. The molecule has 2 aromatic carbocycles. The van der Waals surface area contributed by atoms with E-state index in [0.717, 1.165) is 5.56 Å². The average molecular weight is 312 g/mol. The van der Waals surface area contributed by atoms with Crippen molar-refractivity contribution in [2.24, 2.45) is 5.73 Å². The lowest BCUT2D eigenvalue weighted by Gasteiger charge is -2.11. The number of halogens is 3. The van der Waals surface area contributed by atoms with Crippen LogP contribution in [0.25, 0.3) is 0 Å². The molecule has 0 radical (unpaired) electrons. The number of nitrogens with two attached hydrogens (primary N) is 1. The van der Waals surface area contributed by atoms with Gasteiger partial charge in [-0.3, -0.25) is 0 Å². The predicted octanol–water partition coefficient (Wildman–Crippen LogP) is 4.09. The minimum Gasteiger partial charge on any atom is -0.486 e. The van der Waals surface area contributed by atoms with Crippen molar-refractivity contribution in [3.05, 3.63) is 64.2 Å². The summed E-state index contributed by atoms with van der Waals surface area (Å²) in [7, 11) is 0. The summed E-state index contributed by atoms with van der Waals surface area (Å²) >= 11 is 5.89. The van der Waals surface area contributed by atoms with E-state index in [1.54, 1.807) is 12.1 Å². The maximum atomic E-state index is 13.9. The van der Waals surface area contributed by atoms with Gasteiger partial charge in [0.2, 0.25) is 0 Å². The van der Waals surface area contributed by atoms with Gasteiger partial charge in [0.1, 0.15) is 12.4 Å². The first-order chi connectivity index (χ1) is 9.97. The number of ether oxygens (including phenoxy) is 1. The lowest BCUT2D eigenvalue weighted by atomic mass is 10.1. The van der Waals surface area contributed by atoms with Gasteiger partial charge in [-0.2, -0.15) is 0 Å². The standard InChI is InChI=1S/C16H16ClF2NO/c1-10(20)7-11-5-6-16(15(19)8-11)21-9-12-13(17)3-2-4-14(12)18/h2-6,8,10H,7,9,20H2,1H3. The number of rotatable bonds is 5. The van der Waals surface area contributed by atoms with Gasteiger partial charge in [-0.1, -0.05) is 23.7 Å². The van der Waals surface area contributed by atoms with Crippen molar-refractivity contribution in [3.63, 3.8) is 0 Å². The smallest absolute Gasteiger partial charge is 0.165 e. The third-order valence-electron chi connectivity index (χ3n) is 2.99. The zero-order valence-corrected chi connectivity index (χ0v) is 12.3. The van der Waals surface area contributed by atoms with Gasteiger partial charge < -0.3 is 10.5 Å². The molecular formula is C16H16ClF2NO. The zero-order valence-electron chi connectivity index (χ0n) is 11.6. The van der Waals surface area contributed by atoms with Crippen molar-refractivity contribution < 1.29 is 13.5 Å². The highest BCUT2D eigenvalue weighted by Crippen LogP contribution is 2.24. The maximum Gasteiger partial charge on any atom is 0.165 e. The highest BCUT2D eigenvalue weighted by Gasteiger charge is 2.10. The number of hydrogen-bond acceptors (Lipinski definition) is 2. The average Bonchev–Trinajstić information content (AvgIpc) is 2.39. The molecule has 2 rings (SSSR count). The SMILES string of the molecule is CC(N)Cc1ccc(OCc2c(F)cccc2Cl)c(F)c1. The van der Waals surface area contributed by atoms with Gasteiger partial charge >= 0.3 is 0 Å². The summed E-state index contributed by atoms with van der Waals surface area (Å²) in [6.07, 6.45) is 0.580. The highest BCUT2D eigenvalue weighted by atomic mass is 35.5. The van der Waals surface area contributed by atoms with Crippen molar-refractivity contribution in [2.45, 2.75) is 26.0 Å². The molecule has 5 heteroatoms. The summed E-state index contributed by atoms with van der Waals surface area (Å²) in [6.45, 7) is 1.72. The van der Waals surface area contributed by atoms with Crippen LogP contribution in [0.4, 0.5) is 8.78 Å². The molecule has 0 aliphatic carbocycles. The Kier molecular flexibility index (Phi) is 5.15. The summed E-state index contributed by atoms with van der Waals surface area (Å²) in [4.78, 5) is 0. The van der Waals surface area contributed by atoms with Gasteiger partial charge in [-0.25, -0.2) is 8.78 Å². The molecule has 1 atom stereocenters. The minimum absolute atomic E-state index is 0.0478. The summed E-state index contributed by atoms with van der Waals surface area (Å²) in [5.74, 6) is -0.917. The normalized spacial score (nSPS) is 12.2. The molecule has 1 unspecified atom stereocenters. The maximum absolute atomic E-state index is 13.9. The molecule has 0 aliphatic rings. The topological polar surface area (TPSA) is 35.2 Å². The van der Waals surface area contributed by atoms with E-state index in [0.29, 0.717) is 6.42 Å². The van der Waals surface area contributed by atoms with Crippen LogP contribution in [0.1, 0.15) is 18.1 Å². The molecule has 0 fully saturated rings. The second-order valence-electron chi connectivity index (χ2n) is 4.94. The fourth-order valence-corrected chi connectivity index (χ4v) is 2.20. The first kappa shape index (κ1) is 15.7. The first-order valence-corrected chi connectivity index (χ1v) is 6.95. The van der Waals surface area contributed by atoms with Gasteiger partial charge in [-0.15, -0.1) is 0 Å². The third-order valence-corrected chi connectivity index (χ3v) is 3.34. The first-order valence-electron chi connectivity index (χ1n) is 6.57. The largest absolute Gasteiger partial charge is 0.486 e. The van der Waals surface area contributed by atoms with E-state index >= 15 is 0 Å². The Morgan fingerprint density at radius 3 is 2.57 bits per heavy atom. The fraction of sp³-hybridized carbons (Fsp3) is 0.250. The number of benzene rings is 2. The Hall–Kier alpha value is -1.65. The van der Waals surface area contributed by atoms with E-state index in [9.17, 15) is 8.78 Å². The minimum atomic E-state index is -0.499. The van der Waals surface area contributed by atoms with Gasteiger partial charge in [-0.05, 0) is 43.2 Å². The molecule has 0 aromatic heterocycles. The van der Waals surface area contributed by atoms with E-state index in [2.05, 4.69) is 0 Å². The molecule has 0 bridgehead atoms. The molecule has 0 saturated carbocycles. The zero-order chi connectivity index (χ0) is 15.4. The summed E-state index contributed by atoms with van der Waals surface area (Å²) in [5, 5.41) is 0.254. The van der Waals surface area contributed by atoms with Gasteiger partial charge in [0.05, 0.1) is 5.02 Å². The summed E-state index contributed by atoms with van der Waals surface area (Å²) in [5.41, 5.74) is 6.67. The van der Waals surface area contributed by atoms with Crippen LogP contribution in [0.3, 0.4) is 0 Å². The van der Waals surface area contributed by atoms with Gasteiger partial charge in [0.15, 0.2) is 11.6 Å². The monoisotopic (exact) mass is 311 g/mol. The molecule has 2 aromatic rings. The lowest BCUT2D eigenvalue weighted by Crippen LogP contribution is -2.17. The number of hydrogen-bond donors (Lipinski definition) is 1. The molecule has 0 amide bonds. The van der Waals surface area contributed by atoms with Crippen LogP contribution in [-0.4, -0.2) is 6.04 Å². The van der Waals surface area contributed by atoms with Gasteiger partial charge in [0.25, 0.3) is 0 Å². The Morgan fingerprint density at radius 2 is 1.95 bits per heavy atom. The van der Waals surface area contributed by atoms with E-state index in [-0.39, 0.29) is 29.0 Å². The predicted molar refractivity (Wildman–Crippen MR) is 79.5 cm³/mol. The molecule has 0 saturated heterocycles. The van der Waals surface area contributed by atoms with Crippen molar-refractivity contribution in [3.8, 4) is 5.75 Å². The fourth-order valence-electron chi connectivity index (χ4n) is 1.98. The second-order valence-corrected chi connectivity index (χ2v) is 5.34. The van der Waals surface area contributed by atoms with E-state index in [1.807, 2.05) is 6.92 Å². The van der Waals surface area contributed by atoms with Crippen molar-refractivity contribution in [1.82, 2.24) is 0 Å². The van der Waals surface area contributed by atoms with Crippen LogP contribution in [0.5, 0.6) is 5.75 Å². The van der Waals surface area contributed by atoms with E-state index in [4.69, 9.17) is 22.1 Å². The molecule has 112 valence electrons. The molecule has 21 heavy (non-hydrogen) atoms. The van der Waals surface area contributed by atoms with Crippen molar-refractivity contribution in [2.75, 3.05) is 0 Å². The quantitative estimate of drug-likeness (QED) is 0.902. The van der Waals surface area contributed by atoms with Crippen molar-refractivity contribution >= 4 is 11.6 Å². The van der Waals surface area contributed by atoms with Crippen molar-refractivity contribution in [1.29, 1.82) is 0 Å². The Balaban J connectivity index is 2.10. The molecule has 0 aliphatic heterocycles. The van der Waals surface area contributed by atoms with Crippen LogP contribution in [-0.2, 0) is 13.0 Å². The molecule has 2 N–H and O–H groups in total. The molecule has 0 spiro atoms. The van der Waals surface area contributed by atoms with E-state index in [1.165, 1.54) is 24.3 Å². The van der Waals surface area contributed by atoms with Crippen LogP contribution in [0.2, 0.25) is 5.02 Å². The van der Waals surface area contributed by atoms with Gasteiger partial charge in [0, 0.05) is 11.6 Å².